The lowest BCUT2D eigenvalue weighted by molar-refractivity contribution is 0.0696. The summed E-state index contributed by atoms with van der Waals surface area (Å²) < 4.78 is 15.2. The average molecular weight is 382 g/mol. The van der Waals surface area contributed by atoms with Crippen LogP contribution in [0, 0.1) is 12.7 Å². The molecule has 0 bridgehead atoms. The molecule has 0 aliphatic rings. The Hall–Kier alpha value is -3.09. The van der Waals surface area contributed by atoms with E-state index < -0.39 is 5.97 Å². The molecule has 7 heteroatoms. The first kappa shape index (κ1) is 19.7. The van der Waals surface area contributed by atoms with Gasteiger partial charge in [0, 0.05) is 24.2 Å². The number of nitrogens with zero attached hydrogens (tertiary/aromatic N) is 4. The van der Waals surface area contributed by atoms with Crippen molar-refractivity contribution < 1.29 is 14.3 Å². The zero-order valence-electron chi connectivity index (χ0n) is 16.0. The number of hydrogen-bond acceptors (Lipinski definition) is 4. The van der Waals surface area contributed by atoms with Gasteiger partial charge in [0.25, 0.3) is 0 Å². The van der Waals surface area contributed by atoms with Crippen LogP contribution in [0.25, 0.3) is 0 Å². The van der Waals surface area contributed by atoms with Crippen molar-refractivity contribution in [3.63, 3.8) is 0 Å². The van der Waals surface area contributed by atoms with Crippen molar-refractivity contribution in [1.82, 2.24) is 19.7 Å². The summed E-state index contributed by atoms with van der Waals surface area (Å²) in [4.78, 5) is 15.6. The molecule has 6 nitrogen and oxygen atoms in total. The molecule has 2 aromatic heterocycles. The van der Waals surface area contributed by atoms with Crippen LogP contribution in [0.4, 0.5) is 4.39 Å². The Kier molecular flexibility index (Phi) is 6.13. The van der Waals surface area contributed by atoms with Gasteiger partial charge in [0.2, 0.25) is 0 Å². The number of carbonyl (C=O) groups is 1. The lowest BCUT2D eigenvalue weighted by atomic mass is 10.1. The molecule has 0 atom stereocenters. The van der Waals surface area contributed by atoms with Gasteiger partial charge in [-0.05, 0) is 49.6 Å². The first-order chi connectivity index (χ1) is 13.5. The Labute approximate surface area is 163 Å². The fourth-order valence-corrected chi connectivity index (χ4v) is 3.19. The molecule has 0 spiro atoms. The van der Waals surface area contributed by atoms with E-state index in [0.29, 0.717) is 25.1 Å². The number of rotatable bonds is 8. The molecule has 1 aromatic carbocycles. The zero-order chi connectivity index (χ0) is 20.1. The SMILES string of the molecule is CCc1nnc(CCCc2cc(C(=O)O)cc(C)n2)n1Cc1ccc(F)cc1. The van der Waals surface area contributed by atoms with Crippen molar-refractivity contribution in [2.75, 3.05) is 0 Å². The molecular formula is C21H23FN4O2. The van der Waals surface area contributed by atoms with Crippen LogP contribution >= 0.6 is 0 Å². The highest BCUT2D eigenvalue weighted by molar-refractivity contribution is 5.87. The zero-order valence-corrected chi connectivity index (χ0v) is 16.0. The van der Waals surface area contributed by atoms with Crippen LogP contribution in [-0.2, 0) is 25.8 Å². The molecule has 3 rings (SSSR count). The van der Waals surface area contributed by atoms with Crippen molar-refractivity contribution in [1.29, 1.82) is 0 Å². The largest absolute Gasteiger partial charge is 0.478 e. The smallest absolute Gasteiger partial charge is 0.335 e. The quantitative estimate of drug-likeness (QED) is 0.644. The highest BCUT2D eigenvalue weighted by atomic mass is 19.1. The Bertz CT molecular complexity index is 967. The minimum atomic E-state index is -0.946. The summed E-state index contributed by atoms with van der Waals surface area (Å²) in [5.41, 5.74) is 2.71. The molecule has 0 amide bonds. The first-order valence-electron chi connectivity index (χ1n) is 9.32. The maximum absolute atomic E-state index is 13.2. The predicted octanol–water partition coefficient (Wildman–Crippen LogP) is 3.60. The minimum Gasteiger partial charge on any atom is -0.478 e. The van der Waals surface area contributed by atoms with Crippen molar-refractivity contribution in [3.8, 4) is 0 Å². The highest BCUT2D eigenvalue weighted by Gasteiger charge is 2.12. The molecule has 1 N–H and O–H groups in total. The van der Waals surface area contributed by atoms with Gasteiger partial charge in [-0.15, -0.1) is 10.2 Å². The second kappa shape index (κ2) is 8.73. The Morgan fingerprint density at radius 3 is 2.50 bits per heavy atom. The van der Waals surface area contributed by atoms with Crippen LogP contribution in [-0.4, -0.2) is 30.8 Å². The van der Waals surface area contributed by atoms with Crippen LogP contribution in [0.1, 0.15) is 52.3 Å². The molecule has 146 valence electrons. The second-order valence-corrected chi connectivity index (χ2v) is 6.75. The monoisotopic (exact) mass is 382 g/mol. The van der Waals surface area contributed by atoms with E-state index in [9.17, 15) is 14.3 Å². The van der Waals surface area contributed by atoms with Gasteiger partial charge in [-0.3, -0.25) is 4.98 Å². The van der Waals surface area contributed by atoms with Crippen LogP contribution < -0.4 is 0 Å². The molecular weight excluding hydrogens is 359 g/mol. The summed E-state index contributed by atoms with van der Waals surface area (Å²) in [6.07, 6.45) is 2.90. The number of benzene rings is 1. The Balaban J connectivity index is 1.70. The predicted molar refractivity (Wildman–Crippen MR) is 103 cm³/mol. The number of carboxylic acids is 1. The van der Waals surface area contributed by atoms with Gasteiger partial charge in [0.1, 0.15) is 17.5 Å². The maximum atomic E-state index is 13.2. The minimum absolute atomic E-state index is 0.255. The van der Waals surface area contributed by atoms with Crippen molar-refractivity contribution >= 4 is 5.97 Å². The molecule has 0 unspecified atom stereocenters. The number of aromatic carboxylic acids is 1. The first-order valence-corrected chi connectivity index (χ1v) is 9.32. The Morgan fingerprint density at radius 2 is 1.82 bits per heavy atom. The molecule has 0 aliphatic carbocycles. The fourth-order valence-electron chi connectivity index (χ4n) is 3.19. The van der Waals surface area contributed by atoms with E-state index in [0.717, 1.165) is 35.7 Å². The van der Waals surface area contributed by atoms with E-state index in [4.69, 9.17) is 0 Å². The molecule has 28 heavy (non-hydrogen) atoms. The molecule has 0 aliphatic heterocycles. The van der Waals surface area contributed by atoms with Crippen LogP contribution in [0.5, 0.6) is 0 Å². The van der Waals surface area contributed by atoms with E-state index in [2.05, 4.69) is 19.7 Å². The van der Waals surface area contributed by atoms with Crippen molar-refractivity contribution in [2.24, 2.45) is 0 Å². The molecule has 2 heterocycles. The normalized spacial score (nSPS) is 11.0. The number of aromatic nitrogens is 4. The Morgan fingerprint density at radius 1 is 1.11 bits per heavy atom. The summed E-state index contributed by atoms with van der Waals surface area (Å²) in [5, 5.41) is 17.8. The average Bonchev–Trinajstić information content (AvgIpc) is 3.05. The van der Waals surface area contributed by atoms with Crippen molar-refractivity contribution in [3.05, 3.63) is 76.4 Å². The number of pyridine rings is 1. The van der Waals surface area contributed by atoms with E-state index in [1.54, 1.807) is 31.2 Å². The van der Waals surface area contributed by atoms with Gasteiger partial charge in [-0.25, -0.2) is 9.18 Å². The third-order valence-corrected chi connectivity index (χ3v) is 4.56. The molecule has 0 radical (unpaired) electrons. The van der Waals surface area contributed by atoms with Crippen LogP contribution in [0.2, 0.25) is 0 Å². The summed E-state index contributed by atoms with van der Waals surface area (Å²) in [6, 6.07) is 9.63. The van der Waals surface area contributed by atoms with E-state index in [1.165, 1.54) is 12.1 Å². The van der Waals surface area contributed by atoms with Crippen LogP contribution in [0.15, 0.2) is 36.4 Å². The molecule has 0 fully saturated rings. The summed E-state index contributed by atoms with van der Waals surface area (Å²) in [5.74, 6) is 0.557. The third kappa shape index (κ3) is 4.79. The van der Waals surface area contributed by atoms with Crippen LogP contribution in [0.3, 0.4) is 0 Å². The molecule has 3 aromatic rings. The maximum Gasteiger partial charge on any atom is 0.335 e. The topological polar surface area (TPSA) is 80.9 Å². The van der Waals surface area contributed by atoms with Gasteiger partial charge in [-0.1, -0.05) is 19.1 Å². The summed E-state index contributed by atoms with van der Waals surface area (Å²) in [6.45, 7) is 4.42. The number of aryl methyl sites for hydroxylation is 4. The van der Waals surface area contributed by atoms with E-state index in [-0.39, 0.29) is 11.4 Å². The summed E-state index contributed by atoms with van der Waals surface area (Å²) in [7, 11) is 0. The van der Waals surface area contributed by atoms with Gasteiger partial charge in [0.15, 0.2) is 0 Å². The van der Waals surface area contributed by atoms with Gasteiger partial charge < -0.3 is 9.67 Å². The number of hydrogen-bond donors (Lipinski definition) is 1. The highest BCUT2D eigenvalue weighted by Crippen LogP contribution is 2.14. The van der Waals surface area contributed by atoms with E-state index >= 15 is 0 Å². The van der Waals surface area contributed by atoms with Gasteiger partial charge >= 0.3 is 5.97 Å². The fraction of sp³-hybridized carbons (Fsp3) is 0.333. The molecule has 0 saturated heterocycles. The number of carboxylic acid groups (broad SMARTS) is 1. The van der Waals surface area contributed by atoms with Gasteiger partial charge in [-0.2, -0.15) is 0 Å². The number of halogens is 1. The lowest BCUT2D eigenvalue weighted by Gasteiger charge is -2.10. The van der Waals surface area contributed by atoms with E-state index in [1.807, 2.05) is 6.92 Å². The second-order valence-electron chi connectivity index (χ2n) is 6.75. The third-order valence-electron chi connectivity index (χ3n) is 4.56. The summed E-state index contributed by atoms with van der Waals surface area (Å²) >= 11 is 0. The van der Waals surface area contributed by atoms with Crippen molar-refractivity contribution in [2.45, 2.75) is 46.1 Å². The molecule has 0 saturated carbocycles. The van der Waals surface area contributed by atoms with Gasteiger partial charge in [0.05, 0.1) is 12.1 Å². The lowest BCUT2D eigenvalue weighted by Crippen LogP contribution is -2.09. The standard InChI is InChI=1S/C21H23FN4O2/c1-3-19-24-25-20(26(19)13-15-7-9-17(22)10-8-15)6-4-5-18-12-16(21(27)28)11-14(2)23-18/h7-12H,3-6,13H2,1-2H3,(H,27,28).